The van der Waals surface area contributed by atoms with Crippen LogP contribution in [0, 0.1) is 0 Å². The van der Waals surface area contributed by atoms with Crippen molar-refractivity contribution >= 4 is 5.91 Å². The molecule has 0 saturated carbocycles. The third-order valence-electron chi connectivity index (χ3n) is 0.660. The van der Waals surface area contributed by atoms with Crippen molar-refractivity contribution in [1.29, 1.82) is 0 Å². The first-order valence-electron chi connectivity index (χ1n) is 2.28. The number of allylic oxidation sites excluding steroid dienone is 1. The average molecular weight is 115 g/mol. The second kappa shape index (κ2) is 3.07. The van der Waals surface area contributed by atoms with Crippen molar-refractivity contribution in [2.24, 2.45) is 5.73 Å². The van der Waals surface area contributed by atoms with E-state index in [1.54, 1.807) is 0 Å². The fraction of sp³-hybridized carbons (Fsp3) is 0.400. The van der Waals surface area contributed by atoms with E-state index in [1.165, 1.54) is 0 Å². The van der Waals surface area contributed by atoms with E-state index in [4.69, 9.17) is 10.8 Å². The van der Waals surface area contributed by atoms with E-state index in [9.17, 15) is 4.79 Å². The molecule has 0 bridgehead atoms. The van der Waals surface area contributed by atoms with Crippen LogP contribution in [0.4, 0.5) is 0 Å². The summed E-state index contributed by atoms with van der Waals surface area (Å²) in [4.78, 5) is 9.97. The molecule has 0 spiro atoms. The molecule has 0 saturated heterocycles. The van der Waals surface area contributed by atoms with Gasteiger partial charge in [-0.1, -0.05) is 6.58 Å². The smallest absolute Gasteiger partial charge is 0.217 e. The maximum absolute atomic E-state index is 9.97. The summed E-state index contributed by atoms with van der Waals surface area (Å²) >= 11 is 0. The zero-order valence-electron chi connectivity index (χ0n) is 4.55. The number of nitrogens with two attached hydrogens (primary N) is 1. The fourth-order valence-corrected chi connectivity index (χ4v) is 0.267. The van der Waals surface area contributed by atoms with Crippen molar-refractivity contribution in [2.75, 3.05) is 0 Å². The zero-order valence-corrected chi connectivity index (χ0v) is 4.55. The summed E-state index contributed by atoms with van der Waals surface area (Å²) in [5.41, 5.74) is 4.75. The van der Waals surface area contributed by atoms with Crippen LogP contribution in [0.1, 0.15) is 12.8 Å². The van der Waals surface area contributed by atoms with Gasteiger partial charge < -0.3 is 10.8 Å². The topological polar surface area (TPSA) is 63.3 Å². The van der Waals surface area contributed by atoms with Gasteiger partial charge in [-0.3, -0.25) is 4.79 Å². The number of aliphatic hydroxyl groups is 1. The molecule has 0 aromatic heterocycles. The van der Waals surface area contributed by atoms with E-state index in [2.05, 4.69) is 6.58 Å². The van der Waals surface area contributed by atoms with Crippen LogP contribution in [0.5, 0.6) is 0 Å². The number of primary amides is 1. The van der Waals surface area contributed by atoms with Gasteiger partial charge in [-0.2, -0.15) is 0 Å². The first-order chi connectivity index (χ1) is 3.63. The lowest BCUT2D eigenvalue weighted by Crippen LogP contribution is -2.09. The number of amides is 1. The SMILES string of the molecule is C=C(O)CCC(N)=O. The molecule has 3 N–H and O–H groups in total. The quantitative estimate of drug-likeness (QED) is 0.520. The zero-order chi connectivity index (χ0) is 6.57. The molecule has 46 valence electrons. The lowest BCUT2D eigenvalue weighted by molar-refractivity contribution is -0.118. The van der Waals surface area contributed by atoms with Crippen molar-refractivity contribution in [3.05, 3.63) is 12.3 Å². The van der Waals surface area contributed by atoms with Crippen molar-refractivity contribution in [1.82, 2.24) is 0 Å². The first-order valence-corrected chi connectivity index (χ1v) is 2.28. The summed E-state index contributed by atoms with van der Waals surface area (Å²) in [5, 5.41) is 8.40. The summed E-state index contributed by atoms with van der Waals surface area (Å²) in [7, 11) is 0. The Morgan fingerprint density at radius 3 is 2.25 bits per heavy atom. The number of hydrogen-bond donors (Lipinski definition) is 2. The van der Waals surface area contributed by atoms with Gasteiger partial charge in [0.05, 0.1) is 5.76 Å². The van der Waals surface area contributed by atoms with Crippen LogP contribution in [0.3, 0.4) is 0 Å². The fourth-order valence-electron chi connectivity index (χ4n) is 0.267. The van der Waals surface area contributed by atoms with E-state index in [0.29, 0.717) is 0 Å². The van der Waals surface area contributed by atoms with Crippen LogP contribution in [-0.2, 0) is 4.79 Å². The normalized spacial score (nSPS) is 8.50. The molecule has 0 aromatic carbocycles. The molecule has 8 heavy (non-hydrogen) atoms. The summed E-state index contributed by atoms with van der Waals surface area (Å²) in [6, 6.07) is 0. The highest BCUT2D eigenvalue weighted by Crippen LogP contribution is 1.94. The molecule has 0 aliphatic carbocycles. The molecular formula is C5H9NO2. The average Bonchev–Trinajstić information content (AvgIpc) is 1.61. The van der Waals surface area contributed by atoms with E-state index >= 15 is 0 Å². The van der Waals surface area contributed by atoms with Crippen LogP contribution in [0.2, 0.25) is 0 Å². The molecule has 0 aliphatic heterocycles. The molecule has 3 nitrogen and oxygen atoms in total. The molecule has 1 amide bonds. The van der Waals surface area contributed by atoms with Gasteiger partial charge in [0.25, 0.3) is 0 Å². The lowest BCUT2D eigenvalue weighted by Gasteiger charge is -1.91. The van der Waals surface area contributed by atoms with Gasteiger partial charge >= 0.3 is 0 Å². The Hall–Kier alpha value is -0.990. The highest BCUT2D eigenvalue weighted by Gasteiger charge is 1.93. The highest BCUT2D eigenvalue weighted by atomic mass is 16.3. The molecule has 0 aliphatic rings. The van der Waals surface area contributed by atoms with Crippen LogP contribution in [-0.4, -0.2) is 11.0 Å². The van der Waals surface area contributed by atoms with Crippen LogP contribution in [0.25, 0.3) is 0 Å². The Kier molecular flexibility index (Phi) is 2.69. The van der Waals surface area contributed by atoms with Gasteiger partial charge in [0.1, 0.15) is 0 Å². The summed E-state index contributed by atoms with van der Waals surface area (Å²) in [5.74, 6) is -0.413. The Labute approximate surface area is 47.8 Å². The Morgan fingerprint density at radius 2 is 2.12 bits per heavy atom. The molecule has 3 heteroatoms. The minimum absolute atomic E-state index is 0.00352. The van der Waals surface area contributed by atoms with Gasteiger partial charge in [0, 0.05) is 12.8 Å². The Bertz CT molecular complexity index is 95.0. The van der Waals surface area contributed by atoms with E-state index in [1.807, 2.05) is 0 Å². The molecule has 0 radical (unpaired) electrons. The predicted octanol–water partition coefficient (Wildman–Crippen LogP) is 0.324. The van der Waals surface area contributed by atoms with E-state index < -0.39 is 5.91 Å². The van der Waals surface area contributed by atoms with Crippen molar-refractivity contribution in [3.8, 4) is 0 Å². The number of hydrogen-bond acceptors (Lipinski definition) is 2. The molecule has 0 heterocycles. The second-order valence-corrected chi connectivity index (χ2v) is 1.53. The van der Waals surface area contributed by atoms with Gasteiger partial charge in [-0.05, 0) is 0 Å². The number of carbonyl (C=O) groups is 1. The predicted molar refractivity (Wildman–Crippen MR) is 30.2 cm³/mol. The molecule has 0 unspecified atom stereocenters. The van der Waals surface area contributed by atoms with Crippen LogP contribution >= 0.6 is 0 Å². The first kappa shape index (κ1) is 7.01. The maximum atomic E-state index is 9.97. The lowest BCUT2D eigenvalue weighted by atomic mass is 10.3. The second-order valence-electron chi connectivity index (χ2n) is 1.53. The largest absolute Gasteiger partial charge is 0.513 e. The van der Waals surface area contributed by atoms with Gasteiger partial charge in [-0.15, -0.1) is 0 Å². The van der Waals surface area contributed by atoms with Gasteiger partial charge in [-0.25, -0.2) is 0 Å². The highest BCUT2D eigenvalue weighted by molar-refractivity contribution is 5.73. The molecule has 0 atom stereocenters. The minimum Gasteiger partial charge on any atom is -0.513 e. The summed E-state index contributed by atoms with van der Waals surface area (Å²) in [6.07, 6.45) is 0.449. The van der Waals surface area contributed by atoms with Crippen molar-refractivity contribution in [2.45, 2.75) is 12.8 Å². The monoisotopic (exact) mass is 115 g/mol. The molecule has 0 aromatic rings. The number of rotatable bonds is 3. The van der Waals surface area contributed by atoms with Crippen molar-refractivity contribution in [3.63, 3.8) is 0 Å². The standard InChI is InChI=1S/C5H9NO2/c1-4(7)2-3-5(6)8/h7H,1-3H2,(H2,6,8). The van der Waals surface area contributed by atoms with Gasteiger partial charge in [0.15, 0.2) is 0 Å². The number of carbonyl (C=O) groups excluding carboxylic acids is 1. The molecule has 0 fully saturated rings. The van der Waals surface area contributed by atoms with Crippen LogP contribution < -0.4 is 5.73 Å². The number of aliphatic hydroxyl groups excluding tert-OH is 1. The van der Waals surface area contributed by atoms with Crippen molar-refractivity contribution < 1.29 is 9.90 Å². The third-order valence-corrected chi connectivity index (χ3v) is 0.660. The van der Waals surface area contributed by atoms with E-state index in [0.717, 1.165) is 0 Å². The Morgan fingerprint density at radius 1 is 1.62 bits per heavy atom. The minimum atomic E-state index is -0.416. The van der Waals surface area contributed by atoms with Crippen LogP contribution in [0.15, 0.2) is 12.3 Å². The Balaban J connectivity index is 3.18. The summed E-state index contributed by atoms with van der Waals surface area (Å²) < 4.78 is 0. The van der Waals surface area contributed by atoms with Gasteiger partial charge in [0.2, 0.25) is 5.91 Å². The summed E-state index contributed by atoms with van der Waals surface area (Å²) in [6.45, 7) is 3.17. The van der Waals surface area contributed by atoms with E-state index in [-0.39, 0.29) is 18.6 Å². The maximum Gasteiger partial charge on any atom is 0.217 e. The molecular weight excluding hydrogens is 106 g/mol. The molecule has 0 rings (SSSR count). The third kappa shape index (κ3) is 5.01.